The first kappa shape index (κ1) is 19.1. The second-order valence-electron chi connectivity index (χ2n) is 5.63. The van der Waals surface area contributed by atoms with Gasteiger partial charge in [0.2, 0.25) is 0 Å². The third-order valence-electron chi connectivity index (χ3n) is 3.94. The van der Waals surface area contributed by atoms with E-state index in [0.29, 0.717) is 29.4 Å². The summed E-state index contributed by atoms with van der Waals surface area (Å²) < 4.78 is 5.20. The zero-order valence-electron chi connectivity index (χ0n) is 14.2. The van der Waals surface area contributed by atoms with Crippen LogP contribution in [0.2, 0.25) is 5.02 Å². The first-order valence-corrected chi connectivity index (χ1v) is 8.56. The predicted molar refractivity (Wildman–Crippen MR) is 101 cm³/mol. The average molecular weight is 363 g/mol. The van der Waals surface area contributed by atoms with Crippen molar-refractivity contribution < 1.29 is 14.6 Å². The summed E-state index contributed by atoms with van der Waals surface area (Å²) in [5, 5.41) is 15.3. The summed E-state index contributed by atoms with van der Waals surface area (Å²) in [5.74, 6) is 0.745. The van der Waals surface area contributed by atoms with E-state index in [4.69, 9.17) is 16.3 Å². The van der Waals surface area contributed by atoms with Crippen molar-refractivity contribution in [2.45, 2.75) is 18.8 Å². The van der Waals surface area contributed by atoms with Crippen LogP contribution in [0.3, 0.4) is 0 Å². The monoisotopic (exact) mass is 362 g/mol. The number of rotatable bonds is 8. The molecule has 0 heterocycles. The Kier molecular flexibility index (Phi) is 7.57. The van der Waals surface area contributed by atoms with Gasteiger partial charge in [0, 0.05) is 18.2 Å². The van der Waals surface area contributed by atoms with Gasteiger partial charge in [-0.1, -0.05) is 41.9 Å². The largest absolute Gasteiger partial charge is 0.495 e. The number of aliphatic hydroxyl groups is 1. The SMILES string of the molecule is COc1ccc(Cl)cc1NC(=O)NCC[C@@H](CCO)c1ccccc1. The molecule has 0 bridgehead atoms. The Hall–Kier alpha value is -2.24. The van der Waals surface area contributed by atoms with Crippen LogP contribution in [0.4, 0.5) is 10.5 Å². The molecule has 0 aliphatic rings. The fourth-order valence-electron chi connectivity index (χ4n) is 2.66. The van der Waals surface area contributed by atoms with Gasteiger partial charge in [-0.3, -0.25) is 0 Å². The molecule has 0 saturated heterocycles. The van der Waals surface area contributed by atoms with Crippen LogP contribution in [0.1, 0.15) is 24.3 Å². The molecular formula is C19H23ClN2O3. The molecule has 2 rings (SSSR count). The molecule has 5 nitrogen and oxygen atoms in total. The Morgan fingerprint density at radius 2 is 1.96 bits per heavy atom. The van der Waals surface area contributed by atoms with E-state index in [1.165, 1.54) is 7.11 Å². The number of amides is 2. The van der Waals surface area contributed by atoms with E-state index in [9.17, 15) is 9.90 Å². The lowest BCUT2D eigenvalue weighted by Crippen LogP contribution is -2.30. The minimum atomic E-state index is -0.323. The molecule has 134 valence electrons. The van der Waals surface area contributed by atoms with Crippen molar-refractivity contribution in [3.8, 4) is 5.75 Å². The number of ether oxygens (including phenoxy) is 1. The molecular weight excluding hydrogens is 340 g/mol. The Morgan fingerprint density at radius 1 is 1.20 bits per heavy atom. The highest BCUT2D eigenvalue weighted by atomic mass is 35.5. The van der Waals surface area contributed by atoms with Crippen LogP contribution in [0.15, 0.2) is 48.5 Å². The lowest BCUT2D eigenvalue weighted by atomic mass is 9.93. The quantitative estimate of drug-likeness (QED) is 0.664. The summed E-state index contributed by atoms with van der Waals surface area (Å²) in [5.41, 5.74) is 1.68. The molecule has 6 heteroatoms. The summed E-state index contributed by atoms with van der Waals surface area (Å²) in [6.07, 6.45) is 1.40. The number of methoxy groups -OCH3 is 1. The Morgan fingerprint density at radius 3 is 2.64 bits per heavy atom. The van der Waals surface area contributed by atoms with Crippen molar-refractivity contribution in [2.75, 3.05) is 25.6 Å². The van der Waals surface area contributed by atoms with Gasteiger partial charge in [-0.15, -0.1) is 0 Å². The van der Waals surface area contributed by atoms with Crippen LogP contribution in [0, 0.1) is 0 Å². The van der Waals surface area contributed by atoms with Gasteiger partial charge in [0.1, 0.15) is 5.75 Å². The molecule has 0 radical (unpaired) electrons. The lowest BCUT2D eigenvalue weighted by Gasteiger charge is -2.17. The number of hydrogen-bond acceptors (Lipinski definition) is 3. The van der Waals surface area contributed by atoms with Gasteiger partial charge < -0.3 is 20.5 Å². The van der Waals surface area contributed by atoms with Crippen molar-refractivity contribution in [2.24, 2.45) is 0 Å². The first-order chi connectivity index (χ1) is 12.1. The van der Waals surface area contributed by atoms with Gasteiger partial charge in [0.15, 0.2) is 0 Å². The normalized spacial score (nSPS) is 11.6. The first-order valence-electron chi connectivity index (χ1n) is 8.18. The van der Waals surface area contributed by atoms with Crippen molar-refractivity contribution >= 4 is 23.3 Å². The standard InChI is InChI=1S/C19H23ClN2O3/c1-25-18-8-7-16(20)13-17(18)22-19(24)21-11-9-15(10-12-23)14-5-3-2-4-6-14/h2-8,13,15,23H,9-12H2,1H3,(H2,21,22,24)/t15-/m0/s1. The minimum absolute atomic E-state index is 0.117. The van der Waals surface area contributed by atoms with Crippen LogP contribution in [-0.4, -0.2) is 31.4 Å². The number of aliphatic hydroxyl groups excluding tert-OH is 1. The van der Waals surface area contributed by atoms with E-state index >= 15 is 0 Å². The number of halogens is 1. The number of urea groups is 1. The number of carbonyl (C=O) groups excluding carboxylic acids is 1. The molecule has 3 N–H and O–H groups in total. The van der Waals surface area contributed by atoms with Crippen molar-refractivity contribution in [3.05, 3.63) is 59.1 Å². The van der Waals surface area contributed by atoms with E-state index < -0.39 is 0 Å². The van der Waals surface area contributed by atoms with Gasteiger partial charge in [0.05, 0.1) is 12.8 Å². The van der Waals surface area contributed by atoms with Crippen LogP contribution >= 0.6 is 11.6 Å². The third-order valence-corrected chi connectivity index (χ3v) is 4.17. The summed E-state index contributed by atoms with van der Waals surface area (Å²) >= 11 is 5.95. The fraction of sp³-hybridized carbons (Fsp3) is 0.316. The van der Waals surface area contributed by atoms with Crippen molar-refractivity contribution in [3.63, 3.8) is 0 Å². The Balaban J connectivity index is 1.88. The molecule has 0 unspecified atom stereocenters. The van der Waals surface area contributed by atoms with Gasteiger partial charge in [-0.05, 0) is 42.5 Å². The fourth-order valence-corrected chi connectivity index (χ4v) is 2.84. The van der Waals surface area contributed by atoms with Gasteiger partial charge in [-0.25, -0.2) is 4.79 Å². The zero-order valence-corrected chi connectivity index (χ0v) is 14.9. The van der Waals surface area contributed by atoms with E-state index in [2.05, 4.69) is 10.6 Å². The van der Waals surface area contributed by atoms with Gasteiger partial charge in [-0.2, -0.15) is 0 Å². The number of carbonyl (C=O) groups is 1. The van der Waals surface area contributed by atoms with Crippen molar-refractivity contribution in [1.82, 2.24) is 5.32 Å². The van der Waals surface area contributed by atoms with E-state index in [1.807, 2.05) is 30.3 Å². The molecule has 0 aromatic heterocycles. The zero-order chi connectivity index (χ0) is 18.1. The molecule has 2 amide bonds. The third kappa shape index (κ3) is 5.96. The second kappa shape index (κ2) is 9.91. The van der Waals surface area contributed by atoms with Crippen LogP contribution in [0.25, 0.3) is 0 Å². The average Bonchev–Trinajstić information content (AvgIpc) is 2.62. The van der Waals surface area contributed by atoms with E-state index in [-0.39, 0.29) is 18.6 Å². The number of anilines is 1. The summed E-state index contributed by atoms with van der Waals surface area (Å²) in [4.78, 5) is 12.1. The maximum absolute atomic E-state index is 12.1. The number of benzene rings is 2. The Bertz CT molecular complexity index is 680. The molecule has 0 saturated carbocycles. The highest BCUT2D eigenvalue weighted by molar-refractivity contribution is 6.31. The topological polar surface area (TPSA) is 70.6 Å². The summed E-state index contributed by atoms with van der Waals surface area (Å²) in [7, 11) is 1.53. The van der Waals surface area contributed by atoms with Gasteiger partial charge in [0.25, 0.3) is 0 Å². The maximum Gasteiger partial charge on any atom is 0.319 e. The smallest absolute Gasteiger partial charge is 0.319 e. The van der Waals surface area contributed by atoms with Crippen LogP contribution in [-0.2, 0) is 0 Å². The molecule has 25 heavy (non-hydrogen) atoms. The summed E-state index contributed by atoms with van der Waals surface area (Å²) in [6, 6.07) is 14.7. The van der Waals surface area contributed by atoms with E-state index in [1.54, 1.807) is 18.2 Å². The van der Waals surface area contributed by atoms with Gasteiger partial charge >= 0.3 is 6.03 Å². The lowest BCUT2D eigenvalue weighted by molar-refractivity contribution is 0.250. The highest BCUT2D eigenvalue weighted by Gasteiger charge is 2.12. The minimum Gasteiger partial charge on any atom is -0.495 e. The molecule has 2 aromatic carbocycles. The summed E-state index contributed by atoms with van der Waals surface area (Å²) in [6.45, 7) is 0.611. The number of nitrogens with one attached hydrogen (secondary N) is 2. The second-order valence-corrected chi connectivity index (χ2v) is 6.07. The molecule has 0 fully saturated rings. The van der Waals surface area contributed by atoms with E-state index in [0.717, 1.165) is 12.0 Å². The maximum atomic E-state index is 12.1. The highest BCUT2D eigenvalue weighted by Crippen LogP contribution is 2.27. The van der Waals surface area contributed by atoms with Crippen molar-refractivity contribution in [1.29, 1.82) is 0 Å². The molecule has 0 aliphatic carbocycles. The molecule has 2 aromatic rings. The molecule has 1 atom stereocenters. The van der Waals surface area contributed by atoms with Crippen LogP contribution < -0.4 is 15.4 Å². The molecule has 0 aliphatic heterocycles. The number of hydrogen-bond donors (Lipinski definition) is 3. The Labute approximate surface area is 153 Å². The van der Waals surface area contributed by atoms with Crippen LogP contribution in [0.5, 0.6) is 5.75 Å². The predicted octanol–water partition coefficient (Wildman–Crippen LogP) is 4.03. The molecule has 0 spiro atoms.